The second-order valence-electron chi connectivity index (χ2n) is 7.38. The number of ether oxygens (including phenoxy) is 2. The van der Waals surface area contributed by atoms with Gasteiger partial charge in [-0.25, -0.2) is 8.42 Å². The van der Waals surface area contributed by atoms with Crippen molar-refractivity contribution in [3.05, 3.63) is 78.4 Å². The highest BCUT2D eigenvalue weighted by Gasteiger charge is 2.29. The number of nitrogens with zero attached hydrogens (tertiary/aromatic N) is 1. The van der Waals surface area contributed by atoms with Crippen LogP contribution in [0.15, 0.2) is 87.6 Å². The van der Waals surface area contributed by atoms with Crippen molar-refractivity contribution in [3.8, 4) is 11.5 Å². The fourth-order valence-corrected chi connectivity index (χ4v) is 6.83. The highest BCUT2D eigenvalue weighted by molar-refractivity contribution is 8.00. The van der Waals surface area contributed by atoms with E-state index in [9.17, 15) is 8.42 Å². The Morgan fingerprint density at radius 2 is 1.69 bits per heavy atom. The van der Waals surface area contributed by atoms with Crippen molar-refractivity contribution >= 4 is 32.5 Å². The zero-order chi connectivity index (χ0) is 22.1. The molecule has 0 atom stereocenters. The van der Waals surface area contributed by atoms with Crippen molar-refractivity contribution in [1.29, 1.82) is 0 Å². The Hall–Kier alpha value is -2.94. The van der Waals surface area contributed by atoms with Gasteiger partial charge in [0.25, 0.3) is 0 Å². The molecule has 0 saturated heterocycles. The summed E-state index contributed by atoms with van der Waals surface area (Å²) >= 11 is 1.47. The number of aromatic nitrogens is 1. The van der Waals surface area contributed by atoms with E-state index in [2.05, 4.69) is 4.57 Å². The van der Waals surface area contributed by atoms with Crippen LogP contribution < -0.4 is 15.2 Å². The Bertz CT molecular complexity index is 1380. The molecule has 0 unspecified atom stereocenters. The molecule has 32 heavy (non-hydrogen) atoms. The van der Waals surface area contributed by atoms with E-state index in [1.165, 1.54) is 11.8 Å². The minimum absolute atomic E-state index is 0.211. The molecule has 0 saturated carbocycles. The van der Waals surface area contributed by atoms with Gasteiger partial charge in [0.05, 0.1) is 15.4 Å². The second kappa shape index (κ2) is 8.54. The van der Waals surface area contributed by atoms with Gasteiger partial charge in [0.15, 0.2) is 11.5 Å². The number of thioether (sulfide) groups is 1. The highest BCUT2D eigenvalue weighted by atomic mass is 32.2. The van der Waals surface area contributed by atoms with E-state index >= 15 is 0 Å². The van der Waals surface area contributed by atoms with Crippen molar-refractivity contribution in [2.45, 2.75) is 21.4 Å². The predicted molar refractivity (Wildman–Crippen MR) is 125 cm³/mol. The largest absolute Gasteiger partial charge is 0.454 e. The zero-order valence-corrected chi connectivity index (χ0v) is 18.9. The van der Waals surface area contributed by atoms with Crippen LogP contribution >= 0.6 is 11.8 Å². The molecule has 4 aromatic rings. The molecule has 0 spiro atoms. The summed E-state index contributed by atoms with van der Waals surface area (Å²) in [6.07, 6.45) is 0. The number of hydrogen-bond acceptors (Lipinski definition) is 6. The molecule has 3 aromatic carbocycles. The summed E-state index contributed by atoms with van der Waals surface area (Å²) in [7, 11) is -3.73. The maximum atomic E-state index is 13.8. The molecule has 0 aliphatic carbocycles. The van der Waals surface area contributed by atoms with Gasteiger partial charge in [-0.05, 0) is 35.9 Å². The normalized spacial score (nSPS) is 13.0. The molecule has 0 fully saturated rings. The van der Waals surface area contributed by atoms with Crippen LogP contribution in [0.5, 0.6) is 11.5 Å². The summed E-state index contributed by atoms with van der Waals surface area (Å²) in [6.45, 7) is 1.15. The van der Waals surface area contributed by atoms with Gasteiger partial charge in [0, 0.05) is 24.2 Å². The number of benzene rings is 3. The molecular weight excluding hydrogens is 444 g/mol. The third-order valence-corrected chi connectivity index (χ3v) is 8.45. The molecule has 0 bridgehead atoms. The molecule has 6 nitrogen and oxygen atoms in total. The zero-order valence-electron chi connectivity index (χ0n) is 17.2. The summed E-state index contributed by atoms with van der Waals surface area (Å²) in [5, 5.41) is 1.40. The Labute approximate surface area is 190 Å². The molecular formula is C24H22N2O4S2. The van der Waals surface area contributed by atoms with Crippen LogP contribution in [-0.4, -0.2) is 32.1 Å². The lowest BCUT2D eigenvalue weighted by Crippen LogP contribution is -2.08. The van der Waals surface area contributed by atoms with Crippen LogP contribution in [0, 0.1) is 0 Å². The van der Waals surface area contributed by atoms with Gasteiger partial charge < -0.3 is 19.8 Å². The van der Waals surface area contributed by atoms with Crippen LogP contribution in [0.2, 0.25) is 0 Å². The van der Waals surface area contributed by atoms with Crippen molar-refractivity contribution in [2.24, 2.45) is 5.73 Å². The Morgan fingerprint density at radius 3 is 2.50 bits per heavy atom. The van der Waals surface area contributed by atoms with Gasteiger partial charge in [-0.1, -0.05) is 42.5 Å². The molecule has 1 aliphatic rings. The summed E-state index contributed by atoms with van der Waals surface area (Å²) in [5.41, 5.74) is 7.65. The van der Waals surface area contributed by atoms with Crippen LogP contribution in [0.1, 0.15) is 5.56 Å². The van der Waals surface area contributed by atoms with Crippen molar-refractivity contribution in [3.63, 3.8) is 0 Å². The van der Waals surface area contributed by atoms with Crippen LogP contribution in [0.25, 0.3) is 10.9 Å². The summed E-state index contributed by atoms with van der Waals surface area (Å²) < 4.78 is 40.5. The molecule has 0 radical (unpaired) electrons. The van der Waals surface area contributed by atoms with Gasteiger partial charge in [-0.15, -0.1) is 11.8 Å². The van der Waals surface area contributed by atoms with E-state index in [0.717, 1.165) is 16.8 Å². The smallest absolute Gasteiger partial charge is 0.231 e. The summed E-state index contributed by atoms with van der Waals surface area (Å²) in [5.74, 6) is 2.03. The van der Waals surface area contributed by atoms with Crippen LogP contribution in [0.3, 0.4) is 0 Å². The van der Waals surface area contributed by atoms with Gasteiger partial charge in [-0.3, -0.25) is 0 Å². The van der Waals surface area contributed by atoms with E-state index in [4.69, 9.17) is 15.2 Å². The molecule has 5 rings (SSSR count). The highest BCUT2D eigenvalue weighted by Crippen LogP contribution is 2.40. The molecule has 2 N–H and O–H groups in total. The van der Waals surface area contributed by atoms with Crippen molar-refractivity contribution in [2.75, 3.05) is 19.1 Å². The number of nitrogens with two attached hydrogens (primary N) is 1. The first-order valence-corrected chi connectivity index (χ1v) is 12.7. The van der Waals surface area contributed by atoms with E-state index in [0.29, 0.717) is 39.9 Å². The number of fused-ring (bicyclic) bond motifs is 2. The first kappa shape index (κ1) is 20.9. The number of sulfone groups is 1. The lowest BCUT2D eigenvalue weighted by atomic mass is 10.2. The fraction of sp³-hybridized carbons (Fsp3) is 0.167. The second-order valence-corrected chi connectivity index (χ2v) is 10.3. The van der Waals surface area contributed by atoms with Crippen LogP contribution in [-0.2, 0) is 16.4 Å². The topological polar surface area (TPSA) is 83.6 Å². The third-order valence-electron chi connectivity index (χ3n) is 5.34. The maximum absolute atomic E-state index is 13.8. The maximum Gasteiger partial charge on any atom is 0.231 e. The molecule has 2 heterocycles. The monoisotopic (exact) mass is 466 g/mol. The summed E-state index contributed by atoms with van der Waals surface area (Å²) in [6, 6.07) is 22.0. The van der Waals surface area contributed by atoms with E-state index in [1.54, 1.807) is 24.3 Å². The standard InChI is InChI=1S/C24H22N2O4S2/c25-12-13-31-24-23(32(27,28)18-6-2-1-3-7-18)19-8-4-5-9-20(19)26(24)15-17-10-11-21-22(14-17)30-16-29-21/h1-11,14H,12-13,15-16,25H2. The average molecular weight is 467 g/mol. The summed E-state index contributed by atoms with van der Waals surface area (Å²) in [4.78, 5) is 0.610. The van der Waals surface area contributed by atoms with Crippen LogP contribution in [0.4, 0.5) is 0 Å². The molecule has 1 aliphatic heterocycles. The SMILES string of the molecule is NCCSc1c(S(=O)(=O)c2ccccc2)c2ccccc2n1Cc1ccc2c(c1)OCO2. The molecule has 0 amide bonds. The van der Waals surface area contributed by atoms with E-state index in [-0.39, 0.29) is 11.7 Å². The number of rotatable bonds is 7. The van der Waals surface area contributed by atoms with E-state index < -0.39 is 9.84 Å². The van der Waals surface area contributed by atoms with Gasteiger partial charge in [0.1, 0.15) is 4.90 Å². The molecule has 8 heteroatoms. The number of hydrogen-bond donors (Lipinski definition) is 1. The number of para-hydroxylation sites is 1. The Kier molecular flexibility index (Phi) is 5.58. The first-order valence-electron chi connectivity index (χ1n) is 10.2. The van der Waals surface area contributed by atoms with Gasteiger partial charge in [0.2, 0.25) is 16.6 Å². The fourth-order valence-electron chi connectivity index (χ4n) is 3.90. The molecule has 164 valence electrons. The minimum atomic E-state index is -3.73. The lowest BCUT2D eigenvalue weighted by molar-refractivity contribution is 0.174. The van der Waals surface area contributed by atoms with Crippen molar-refractivity contribution < 1.29 is 17.9 Å². The van der Waals surface area contributed by atoms with Gasteiger partial charge >= 0.3 is 0 Å². The Morgan fingerprint density at radius 1 is 0.938 bits per heavy atom. The Balaban J connectivity index is 1.71. The minimum Gasteiger partial charge on any atom is -0.454 e. The first-order chi connectivity index (χ1) is 15.6. The predicted octanol–water partition coefficient (Wildman–Crippen LogP) is 4.30. The van der Waals surface area contributed by atoms with Gasteiger partial charge in [-0.2, -0.15) is 0 Å². The lowest BCUT2D eigenvalue weighted by Gasteiger charge is -2.13. The quantitative estimate of drug-likeness (QED) is 0.409. The molecule has 1 aromatic heterocycles. The van der Waals surface area contributed by atoms with E-state index in [1.807, 2.05) is 48.5 Å². The average Bonchev–Trinajstić information content (AvgIpc) is 3.41. The van der Waals surface area contributed by atoms with Crippen molar-refractivity contribution in [1.82, 2.24) is 4.57 Å². The third kappa shape index (κ3) is 3.64.